The summed E-state index contributed by atoms with van der Waals surface area (Å²) in [6.45, 7) is 4.54. The fourth-order valence-electron chi connectivity index (χ4n) is 1.48. The van der Waals surface area contributed by atoms with E-state index in [4.69, 9.17) is 5.11 Å². The first-order chi connectivity index (χ1) is 5.75. The first-order valence-electron chi connectivity index (χ1n) is 4.30. The summed E-state index contributed by atoms with van der Waals surface area (Å²) in [6.07, 6.45) is 4.08. The fraction of sp³-hybridized carbons (Fsp3) is 0.556. The summed E-state index contributed by atoms with van der Waals surface area (Å²) in [5.41, 5.74) is 2.49. The Kier molecular flexibility index (Phi) is 1.81. The predicted molar refractivity (Wildman–Crippen MR) is 47.4 cm³/mol. The Morgan fingerprint density at radius 3 is 2.75 bits per heavy atom. The molecule has 0 spiro atoms. The number of aliphatic hydroxyl groups excluding tert-OH is 1. The molecular formula is C9H14N2O. The molecule has 12 heavy (non-hydrogen) atoms. The molecule has 1 fully saturated rings. The second kappa shape index (κ2) is 2.83. The van der Waals surface area contributed by atoms with E-state index in [-0.39, 0.29) is 6.10 Å². The molecule has 0 unspecified atom stereocenters. The van der Waals surface area contributed by atoms with Crippen LogP contribution in [0.25, 0.3) is 0 Å². The molecule has 0 aliphatic carbocycles. The van der Waals surface area contributed by atoms with Crippen molar-refractivity contribution in [3.63, 3.8) is 0 Å². The van der Waals surface area contributed by atoms with Gasteiger partial charge >= 0.3 is 0 Å². The molecule has 0 bridgehead atoms. The maximum Gasteiger partial charge on any atom is 0.0889 e. The van der Waals surface area contributed by atoms with Crippen molar-refractivity contribution < 1.29 is 5.11 Å². The topological polar surface area (TPSA) is 35.5 Å². The Labute approximate surface area is 72.4 Å². The van der Waals surface area contributed by atoms with E-state index in [1.165, 1.54) is 11.4 Å². The summed E-state index contributed by atoms with van der Waals surface area (Å²) in [5, 5.41) is 12.4. The van der Waals surface area contributed by atoms with Gasteiger partial charge in [0.15, 0.2) is 0 Å². The summed E-state index contributed by atoms with van der Waals surface area (Å²) >= 11 is 0. The van der Waals surface area contributed by atoms with E-state index in [0.717, 1.165) is 19.6 Å². The number of dihydropyridines is 1. The lowest BCUT2D eigenvalue weighted by Gasteiger charge is -2.40. The Morgan fingerprint density at radius 1 is 1.50 bits per heavy atom. The van der Waals surface area contributed by atoms with E-state index >= 15 is 0 Å². The minimum absolute atomic E-state index is 0.113. The summed E-state index contributed by atoms with van der Waals surface area (Å²) in [6, 6.07) is 0. The molecule has 0 aromatic rings. The van der Waals surface area contributed by atoms with Gasteiger partial charge in [-0.1, -0.05) is 0 Å². The van der Waals surface area contributed by atoms with Crippen molar-refractivity contribution in [1.82, 2.24) is 10.2 Å². The molecule has 66 valence electrons. The van der Waals surface area contributed by atoms with Crippen molar-refractivity contribution in [2.45, 2.75) is 13.0 Å². The Morgan fingerprint density at radius 2 is 2.25 bits per heavy atom. The number of rotatable bonds is 1. The molecule has 3 nitrogen and oxygen atoms in total. The highest BCUT2D eigenvalue weighted by Gasteiger charge is 2.26. The number of hydrogen-bond donors (Lipinski definition) is 2. The van der Waals surface area contributed by atoms with Crippen LogP contribution >= 0.6 is 0 Å². The molecule has 0 aromatic carbocycles. The van der Waals surface area contributed by atoms with E-state index < -0.39 is 0 Å². The molecule has 0 atom stereocenters. The summed E-state index contributed by atoms with van der Waals surface area (Å²) in [7, 11) is 0. The molecule has 2 N–H and O–H groups in total. The quantitative estimate of drug-likeness (QED) is 0.578. The summed E-state index contributed by atoms with van der Waals surface area (Å²) in [5.74, 6) is 0. The second-order valence-corrected chi connectivity index (χ2v) is 3.42. The number of hydrogen-bond acceptors (Lipinski definition) is 3. The van der Waals surface area contributed by atoms with E-state index in [0.29, 0.717) is 0 Å². The molecule has 0 amide bonds. The normalized spacial score (nSPS) is 24.0. The average Bonchev–Trinajstić information content (AvgIpc) is 2.01. The van der Waals surface area contributed by atoms with Gasteiger partial charge in [0.2, 0.25) is 0 Å². The lowest BCUT2D eigenvalue weighted by Crippen LogP contribution is -2.51. The third kappa shape index (κ3) is 1.32. The molecule has 0 aromatic heterocycles. The van der Waals surface area contributed by atoms with Gasteiger partial charge in [-0.25, -0.2) is 0 Å². The number of β-amino-alcohol motifs (C(OH)–C–C–N with tert-alkyl or cyclic N) is 1. The van der Waals surface area contributed by atoms with E-state index in [9.17, 15) is 0 Å². The van der Waals surface area contributed by atoms with Crippen molar-refractivity contribution >= 4 is 0 Å². The van der Waals surface area contributed by atoms with Crippen LogP contribution in [0.3, 0.4) is 0 Å². The monoisotopic (exact) mass is 166 g/mol. The van der Waals surface area contributed by atoms with Crippen LogP contribution < -0.4 is 5.32 Å². The van der Waals surface area contributed by atoms with E-state index in [2.05, 4.69) is 29.3 Å². The van der Waals surface area contributed by atoms with Gasteiger partial charge in [-0.2, -0.15) is 0 Å². The molecule has 2 rings (SSSR count). The van der Waals surface area contributed by atoms with Crippen molar-refractivity contribution in [2.24, 2.45) is 0 Å². The number of nitrogens with one attached hydrogen (secondary N) is 1. The van der Waals surface area contributed by atoms with E-state index in [1.807, 2.05) is 0 Å². The number of likely N-dealkylation sites (tertiary alicyclic amines) is 1. The van der Waals surface area contributed by atoms with Gasteiger partial charge in [0.25, 0.3) is 0 Å². The van der Waals surface area contributed by atoms with Crippen LogP contribution in [0.1, 0.15) is 6.92 Å². The lowest BCUT2D eigenvalue weighted by atomic mass is 10.1. The molecule has 1 saturated heterocycles. The Bertz CT molecular complexity index is 239. The SMILES string of the molecule is CC1=CC=C(N2CC(O)C2)CN1. The third-order valence-electron chi connectivity index (χ3n) is 2.34. The van der Waals surface area contributed by atoms with Crippen molar-refractivity contribution in [2.75, 3.05) is 19.6 Å². The van der Waals surface area contributed by atoms with Crippen LogP contribution in [0.5, 0.6) is 0 Å². The summed E-state index contributed by atoms with van der Waals surface area (Å²) < 4.78 is 0. The standard InChI is InChI=1S/C9H14N2O/c1-7-2-3-8(4-10-7)11-5-9(12)6-11/h2-3,9-10,12H,4-6H2,1H3. The molecule has 2 aliphatic heterocycles. The smallest absolute Gasteiger partial charge is 0.0889 e. The Hall–Kier alpha value is -0.960. The predicted octanol–water partition coefficient (Wildman–Crippen LogP) is 0.0538. The molecule has 2 heterocycles. The molecule has 2 aliphatic rings. The van der Waals surface area contributed by atoms with Crippen LogP contribution in [-0.4, -0.2) is 35.7 Å². The van der Waals surface area contributed by atoms with Crippen molar-refractivity contribution in [1.29, 1.82) is 0 Å². The lowest BCUT2D eigenvalue weighted by molar-refractivity contribution is 0.0233. The first-order valence-corrected chi connectivity index (χ1v) is 4.30. The van der Waals surface area contributed by atoms with Gasteiger partial charge in [-0.3, -0.25) is 0 Å². The van der Waals surface area contributed by atoms with Crippen LogP contribution in [0.2, 0.25) is 0 Å². The van der Waals surface area contributed by atoms with Crippen LogP contribution in [0, 0.1) is 0 Å². The Balaban J connectivity index is 1.97. The highest BCUT2D eigenvalue weighted by atomic mass is 16.3. The zero-order chi connectivity index (χ0) is 8.55. The average molecular weight is 166 g/mol. The number of allylic oxidation sites excluding steroid dienone is 3. The highest BCUT2D eigenvalue weighted by Crippen LogP contribution is 2.16. The van der Waals surface area contributed by atoms with Gasteiger partial charge in [-0.15, -0.1) is 0 Å². The zero-order valence-electron chi connectivity index (χ0n) is 7.25. The summed E-state index contributed by atoms with van der Waals surface area (Å²) in [4.78, 5) is 2.20. The minimum Gasteiger partial charge on any atom is -0.389 e. The minimum atomic E-state index is -0.113. The third-order valence-corrected chi connectivity index (χ3v) is 2.34. The maximum atomic E-state index is 9.10. The van der Waals surface area contributed by atoms with Gasteiger partial charge in [0, 0.05) is 24.5 Å². The molecular weight excluding hydrogens is 152 g/mol. The van der Waals surface area contributed by atoms with Gasteiger partial charge in [-0.05, 0) is 19.1 Å². The van der Waals surface area contributed by atoms with Crippen molar-refractivity contribution in [3.8, 4) is 0 Å². The molecule has 0 saturated carbocycles. The van der Waals surface area contributed by atoms with E-state index in [1.54, 1.807) is 0 Å². The molecule has 3 heteroatoms. The number of aliphatic hydroxyl groups is 1. The largest absolute Gasteiger partial charge is 0.389 e. The first kappa shape index (κ1) is 7.68. The highest BCUT2D eigenvalue weighted by molar-refractivity contribution is 5.23. The number of nitrogens with zero attached hydrogens (tertiary/aromatic N) is 1. The second-order valence-electron chi connectivity index (χ2n) is 3.42. The van der Waals surface area contributed by atoms with Gasteiger partial charge < -0.3 is 15.3 Å². The zero-order valence-corrected chi connectivity index (χ0v) is 7.25. The van der Waals surface area contributed by atoms with Crippen LogP contribution in [0.4, 0.5) is 0 Å². The molecule has 0 radical (unpaired) electrons. The van der Waals surface area contributed by atoms with Gasteiger partial charge in [0.05, 0.1) is 12.6 Å². The van der Waals surface area contributed by atoms with Crippen molar-refractivity contribution in [3.05, 3.63) is 23.5 Å². The van der Waals surface area contributed by atoms with Crippen LogP contribution in [-0.2, 0) is 0 Å². The van der Waals surface area contributed by atoms with Gasteiger partial charge in [0.1, 0.15) is 0 Å². The van der Waals surface area contributed by atoms with Crippen LogP contribution in [0.15, 0.2) is 23.5 Å². The fourth-order valence-corrected chi connectivity index (χ4v) is 1.48. The maximum absolute atomic E-state index is 9.10.